The lowest BCUT2D eigenvalue weighted by Crippen LogP contribution is -2.43. The zero-order chi connectivity index (χ0) is 17.3. The molecule has 0 N–H and O–H groups in total. The summed E-state index contributed by atoms with van der Waals surface area (Å²) in [6, 6.07) is 5.13. The Morgan fingerprint density at radius 2 is 1.67 bits per heavy atom. The highest BCUT2D eigenvalue weighted by molar-refractivity contribution is 9.11. The number of benzene rings is 1. The molecule has 0 radical (unpaired) electrons. The minimum Gasteiger partial charge on any atom is -0.342 e. The van der Waals surface area contributed by atoms with Gasteiger partial charge in [-0.2, -0.15) is 4.31 Å². The van der Waals surface area contributed by atoms with Crippen LogP contribution in [0.15, 0.2) is 32.0 Å². The second-order valence-electron chi connectivity index (χ2n) is 6.29. The minimum absolute atomic E-state index is 0.0412. The van der Waals surface area contributed by atoms with Crippen LogP contribution in [-0.2, 0) is 14.8 Å². The van der Waals surface area contributed by atoms with E-state index in [0.29, 0.717) is 30.4 Å². The number of rotatable bonds is 3. The van der Waals surface area contributed by atoms with Crippen LogP contribution in [0.25, 0.3) is 0 Å². The Morgan fingerprint density at radius 1 is 1.04 bits per heavy atom. The summed E-state index contributed by atoms with van der Waals surface area (Å²) >= 11 is 6.65. The normalized spacial score (nSPS) is 20.5. The SMILES string of the molecule is O=C(C1CCN(S(=O)(=O)c2cc(Br)ccc2Br)CC1)N1CCCC1. The molecule has 8 heteroatoms. The largest absolute Gasteiger partial charge is 0.342 e. The summed E-state index contributed by atoms with van der Waals surface area (Å²) in [4.78, 5) is 14.7. The molecule has 1 amide bonds. The number of nitrogens with zero attached hydrogens (tertiary/aromatic N) is 2. The Morgan fingerprint density at radius 3 is 2.29 bits per heavy atom. The van der Waals surface area contributed by atoms with Crippen LogP contribution in [0.1, 0.15) is 25.7 Å². The average molecular weight is 480 g/mol. The zero-order valence-corrected chi connectivity index (χ0v) is 17.2. The maximum atomic E-state index is 12.9. The predicted molar refractivity (Wildman–Crippen MR) is 99.1 cm³/mol. The van der Waals surface area contributed by atoms with Gasteiger partial charge in [-0.05, 0) is 59.8 Å². The Balaban J connectivity index is 1.69. The molecule has 0 unspecified atom stereocenters. The summed E-state index contributed by atoms with van der Waals surface area (Å²) in [6.45, 7) is 2.49. The van der Waals surface area contributed by atoms with Crippen molar-refractivity contribution >= 4 is 47.8 Å². The van der Waals surface area contributed by atoms with E-state index < -0.39 is 10.0 Å². The summed E-state index contributed by atoms with van der Waals surface area (Å²) in [6.07, 6.45) is 3.35. The molecule has 0 atom stereocenters. The first-order valence-electron chi connectivity index (χ1n) is 8.13. The molecular formula is C16H20Br2N2O3S. The van der Waals surface area contributed by atoms with Gasteiger partial charge in [0.15, 0.2) is 0 Å². The summed E-state index contributed by atoms with van der Waals surface area (Å²) in [5, 5.41) is 0. The van der Waals surface area contributed by atoms with E-state index in [1.165, 1.54) is 4.31 Å². The monoisotopic (exact) mass is 478 g/mol. The van der Waals surface area contributed by atoms with Crippen LogP contribution in [-0.4, -0.2) is 49.7 Å². The topological polar surface area (TPSA) is 57.7 Å². The summed E-state index contributed by atoms with van der Waals surface area (Å²) in [5.41, 5.74) is 0. The van der Waals surface area contributed by atoms with Crippen molar-refractivity contribution in [2.45, 2.75) is 30.6 Å². The number of sulfonamides is 1. The highest BCUT2D eigenvalue weighted by Crippen LogP contribution is 2.31. The van der Waals surface area contributed by atoms with Gasteiger partial charge in [-0.15, -0.1) is 0 Å². The lowest BCUT2D eigenvalue weighted by Gasteiger charge is -2.32. The van der Waals surface area contributed by atoms with Crippen LogP contribution in [0.2, 0.25) is 0 Å². The maximum Gasteiger partial charge on any atom is 0.244 e. The van der Waals surface area contributed by atoms with E-state index in [9.17, 15) is 13.2 Å². The fourth-order valence-electron chi connectivity index (χ4n) is 3.35. The Kier molecular flexibility index (Phi) is 5.68. The quantitative estimate of drug-likeness (QED) is 0.668. The van der Waals surface area contributed by atoms with Gasteiger partial charge in [0.2, 0.25) is 15.9 Å². The Hall–Kier alpha value is -0.440. The van der Waals surface area contributed by atoms with Gasteiger partial charge in [0.1, 0.15) is 0 Å². The van der Waals surface area contributed by atoms with Crippen LogP contribution in [0, 0.1) is 5.92 Å². The van der Waals surface area contributed by atoms with Crippen molar-refractivity contribution in [1.29, 1.82) is 0 Å². The number of hydrogen-bond acceptors (Lipinski definition) is 3. The van der Waals surface area contributed by atoms with Gasteiger partial charge in [-0.1, -0.05) is 15.9 Å². The predicted octanol–water partition coefficient (Wildman–Crippen LogP) is 3.23. The number of amides is 1. The maximum absolute atomic E-state index is 12.9. The first kappa shape index (κ1) is 18.4. The molecule has 1 aromatic rings. The van der Waals surface area contributed by atoms with Crippen LogP contribution >= 0.6 is 31.9 Å². The number of likely N-dealkylation sites (tertiary alicyclic amines) is 1. The van der Waals surface area contributed by atoms with Gasteiger partial charge in [-0.3, -0.25) is 4.79 Å². The third-order valence-corrected chi connectivity index (χ3v) is 8.12. The minimum atomic E-state index is -3.55. The number of carbonyl (C=O) groups excluding carboxylic acids is 1. The Labute approximate surface area is 159 Å². The Bertz CT molecular complexity index is 725. The van der Waals surface area contributed by atoms with Crippen molar-refractivity contribution in [1.82, 2.24) is 9.21 Å². The molecule has 1 aromatic carbocycles. The highest BCUT2D eigenvalue weighted by atomic mass is 79.9. The number of piperidine rings is 1. The average Bonchev–Trinajstić information content (AvgIpc) is 3.11. The van der Waals surface area contributed by atoms with Crippen molar-refractivity contribution in [3.63, 3.8) is 0 Å². The highest BCUT2D eigenvalue weighted by Gasteiger charge is 2.35. The molecule has 0 saturated carbocycles. The van der Waals surface area contributed by atoms with Gasteiger partial charge >= 0.3 is 0 Å². The van der Waals surface area contributed by atoms with E-state index in [4.69, 9.17) is 0 Å². The van der Waals surface area contributed by atoms with E-state index in [0.717, 1.165) is 30.4 Å². The van der Waals surface area contributed by atoms with Crippen LogP contribution < -0.4 is 0 Å². The van der Waals surface area contributed by atoms with Crippen molar-refractivity contribution in [3.05, 3.63) is 27.1 Å². The van der Waals surface area contributed by atoms with Crippen molar-refractivity contribution in [2.75, 3.05) is 26.2 Å². The molecule has 2 saturated heterocycles. The molecule has 24 heavy (non-hydrogen) atoms. The summed E-state index contributed by atoms with van der Waals surface area (Å²) in [7, 11) is -3.55. The number of halogens is 2. The molecule has 0 aliphatic carbocycles. The lowest BCUT2D eigenvalue weighted by atomic mass is 9.97. The van der Waals surface area contributed by atoms with Crippen molar-refractivity contribution < 1.29 is 13.2 Å². The third-order valence-electron chi connectivity index (χ3n) is 4.73. The molecule has 2 aliphatic heterocycles. The summed E-state index contributed by atoms with van der Waals surface area (Å²) in [5.74, 6) is 0.161. The molecule has 0 bridgehead atoms. The van der Waals surface area contributed by atoms with Crippen molar-refractivity contribution in [2.24, 2.45) is 5.92 Å². The number of carbonyl (C=O) groups is 1. The number of hydrogen-bond donors (Lipinski definition) is 0. The molecule has 3 rings (SSSR count). The van der Waals surface area contributed by atoms with Gasteiger partial charge < -0.3 is 4.90 Å². The second kappa shape index (κ2) is 7.43. The fraction of sp³-hybridized carbons (Fsp3) is 0.562. The van der Waals surface area contributed by atoms with Crippen LogP contribution in [0.4, 0.5) is 0 Å². The molecular weight excluding hydrogens is 460 g/mol. The molecule has 0 spiro atoms. The van der Waals surface area contributed by atoms with E-state index in [1.54, 1.807) is 18.2 Å². The zero-order valence-electron chi connectivity index (χ0n) is 13.2. The van der Waals surface area contributed by atoms with E-state index in [2.05, 4.69) is 31.9 Å². The van der Waals surface area contributed by atoms with Crippen LogP contribution in [0.3, 0.4) is 0 Å². The molecule has 2 aliphatic rings. The lowest BCUT2D eigenvalue weighted by molar-refractivity contribution is -0.135. The first-order valence-corrected chi connectivity index (χ1v) is 11.2. The van der Waals surface area contributed by atoms with Gasteiger partial charge in [0.05, 0.1) is 4.90 Å². The third kappa shape index (κ3) is 3.71. The molecule has 0 aromatic heterocycles. The first-order chi connectivity index (χ1) is 11.4. The standard InChI is InChI=1S/C16H20Br2N2O3S/c17-13-3-4-14(18)15(11-13)24(22,23)20-9-5-12(6-10-20)16(21)19-7-1-2-8-19/h3-4,11-12H,1-2,5-10H2. The van der Waals surface area contributed by atoms with Gasteiger partial charge in [0, 0.05) is 41.0 Å². The van der Waals surface area contributed by atoms with Gasteiger partial charge in [-0.25, -0.2) is 8.42 Å². The van der Waals surface area contributed by atoms with E-state index >= 15 is 0 Å². The fourth-order valence-corrected chi connectivity index (χ4v) is 6.29. The molecule has 2 fully saturated rings. The smallest absolute Gasteiger partial charge is 0.244 e. The van der Waals surface area contributed by atoms with Crippen molar-refractivity contribution in [3.8, 4) is 0 Å². The van der Waals surface area contributed by atoms with Gasteiger partial charge in [0.25, 0.3) is 0 Å². The van der Waals surface area contributed by atoms with E-state index in [1.807, 2.05) is 4.90 Å². The van der Waals surface area contributed by atoms with Crippen LogP contribution in [0.5, 0.6) is 0 Å². The summed E-state index contributed by atoms with van der Waals surface area (Å²) < 4.78 is 28.5. The molecule has 132 valence electrons. The second-order valence-corrected chi connectivity index (χ2v) is 9.96. The molecule has 5 nitrogen and oxygen atoms in total. The molecule has 2 heterocycles. The van der Waals surface area contributed by atoms with E-state index in [-0.39, 0.29) is 16.7 Å².